The molecule has 1 nitrogen and oxygen atoms in total. The van der Waals surface area contributed by atoms with Crippen LogP contribution in [0, 0.1) is 0 Å². The van der Waals surface area contributed by atoms with Crippen molar-refractivity contribution in [3.8, 4) is 0 Å². The van der Waals surface area contributed by atoms with Gasteiger partial charge >= 0.3 is 0 Å². The van der Waals surface area contributed by atoms with E-state index in [9.17, 15) is 0 Å². The standard InChI is InChI=1S/C11H14ClNS/c1-13-8-11(6-7-11)14-10-4-2-9(12)3-5-10/h2-5,13H,6-8H2,1H3. The Labute approximate surface area is 94.2 Å². The smallest absolute Gasteiger partial charge is 0.0406 e. The lowest BCUT2D eigenvalue weighted by atomic mass is 10.4. The van der Waals surface area contributed by atoms with Gasteiger partial charge in [-0.25, -0.2) is 0 Å². The van der Waals surface area contributed by atoms with E-state index in [-0.39, 0.29) is 0 Å². The molecular weight excluding hydrogens is 214 g/mol. The summed E-state index contributed by atoms with van der Waals surface area (Å²) in [6.45, 7) is 1.10. The average molecular weight is 228 g/mol. The summed E-state index contributed by atoms with van der Waals surface area (Å²) in [6, 6.07) is 8.12. The van der Waals surface area contributed by atoms with Crippen molar-refractivity contribution >= 4 is 23.4 Å². The second-order valence-corrected chi connectivity index (χ2v) is 5.75. The minimum atomic E-state index is 0.461. The number of halogens is 1. The molecule has 0 unspecified atom stereocenters. The van der Waals surface area contributed by atoms with Crippen molar-refractivity contribution in [3.63, 3.8) is 0 Å². The van der Waals surface area contributed by atoms with Crippen LogP contribution in [0.5, 0.6) is 0 Å². The van der Waals surface area contributed by atoms with Crippen LogP contribution in [-0.4, -0.2) is 18.3 Å². The predicted octanol–water partition coefficient (Wildman–Crippen LogP) is 3.18. The summed E-state index contributed by atoms with van der Waals surface area (Å²) in [5, 5.41) is 4.07. The Kier molecular flexibility index (Phi) is 3.05. The molecule has 0 saturated heterocycles. The number of hydrogen-bond donors (Lipinski definition) is 1. The second-order valence-electron chi connectivity index (χ2n) is 3.77. The van der Waals surface area contributed by atoms with Gasteiger partial charge in [0, 0.05) is 21.2 Å². The van der Waals surface area contributed by atoms with E-state index in [2.05, 4.69) is 17.4 Å². The summed E-state index contributed by atoms with van der Waals surface area (Å²) >= 11 is 7.81. The van der Waals surface area contributed by atoms with E-state index >= 15 is 0 Å². The van der Waals surface area contributed by atoms with Crippen molar-refractivity contribution < 1.29 is 0 Å². The van der Waals surface area contributed by atoms with Crippen LogP contribution in [0.4, 0.5) is 0 Å². The molecule has 0 aliphatic heterocycles. The maximum Gasteiger partial charge on any atom is 0.0406 e. The quantitative estimate of drug-likeness (QED) is 0.848. The van der Waals surface area contributed by atoms with Crippen molar-refractivity contribution in [1.29, 1.82) is 0 Å². The Hall–Kier alpha value is -0.180. The summed E-state index contributed by atoms with van der Waals surface area (Å²) in [5.41, 5.74) is 0. The fourth-order valence-corrected chi connectivity index (χ4v) is 2.95. The summed E-state index contributed by atoms with van der Waals surface area (Å²) in [7, 11) is 2.02. The SMILES string of the molecule is CNCC1(Sc2ccc(Cl)cc2)CC1. The van der Waals surface area contributed by atoms with Gasteiger partial charge in [-0.1, -0.05) is 11.6 Å². The number of rotatable bonds is 4. The van der Waals surface area contributed by atoms with Crippen LogP contribution in [0.3, 0.4) is 0 Å². The summed E-state index contributed by atoms with van der Waals surface area (Å²) in [5.74, 6) is 0. The van der Waals surface area contributed by atoms with Crippen molar-refractivity contribution in [2.75, 3.05) is 13.6 Å². The van der Waals surface area contributed by atoms with Crippen LogP contribution in [0.2, 0.25) is 5.02 Å². The number of benzene rings is 1. The topological polar surface area (TPSA) is 12.0 Å². The average Bonchev–Trinajstić information content (AvgIpc) is 2.90. The highest BCUT2D eigenvalue weighted by atomic mass is 35.5. The molecule has 0 radical (unpaired) electrons. The zero-order chi connectivity index (χ0) is 10.0. The number of thioether (sulfide) groups is 1. The Morgan fingerprint density at radius 3 is 2.50 bits per heavy atom. The predicted molar refractivity (Wildman–Crippen MR) is 63.2 cm³/mol. The van der Waals surface area contributed by atoms with Gasteiger partial charge in [-0.05, 0) is 44.2 Å². The molecule has 2 rings (SSSR count). The number of nitrogens with one attached hydrogen (secondary N) is 1. The van der Waals surface area contributed by atoms with Gasteiger partial charge in [0.25, 0.3) is 0 Å². The molecule has 0 amide bonds. The van der Waals surface area contributed by atoms with Crippen molar-refractivity contribution in [2.24, 2.45) is 0 Å². The lowest BCUT2D eigenvalue weighted by molar-refractivity contribution is 0.752. The van der Waals surface area contributed by atoms with Crippen LogP contribution in [0.15, 0.2) is 29.2 Å². The summed E-state index contributed by atoms with van der Waals surface area (Å²) < 4.78 is 0.461. The largest absolute Gasteiger partial charge is 0.318 e. The Morgan fingerprint density at radius 2 is 2.00 bits per heavy atom. The van der Waals surface area contributed by atoms with Gasteiger partial charge < -0.3 is 5.32 Å². The highest BCUT2D eigenvalue weighted by Crippen LogP contribution is 2.51. The first-order chi connectivity index (χ1) is 6.74. The van der Waals surface area contributed by atoms with Crippen LogP contribution < -0.4 is 5.32 Å². The molecule has 1 aliphatic carbocycles. The van der Waals surface area contributed by atoms with Crippen LogP contribution in [-0.2, 0) is 0 Å². The molecule has 1 aliphatic rings. The molecule has 1 aromatic rings. The Balaban J connectivity index is 2.00. The molecular formula is C11H14ClNS. The van der Waals surface area contributed by atoms with Gasteiger partial charge in [0.1, 0.15) is 0 Å². The molecule has 0 spiro atoms. The van der Waals surface area contributed by atoms with Gasteiger partial charge in [-0.15, -0.1) is 11.8 Å². The lowest BCUT2D eigenvalue weighted by Crippen LogP contribution is -2.21. The third-order valence-electron chi connectivity index (χ3n) is 2.45. The fourth-order valence-electron chi connectivity index (χ4n) is 1.53. The van der Waals surface area contributed by atoms with Crippen molar-refractivity contribution in [1.82, 2.24) is 5.32 Å². The van der Waals surface area contributed by atoms with Crippen molar-refractivity contribution in [2.45, 2.75) is 22.5 Å². The Morgan fingerprint density at radius 1 is 1.36 bits per heavy atom. The molecule has 0 aromatic heterocycles. The second kappa shape index (κ2) is 4.13. The van der Waals surface area contributed by atoms with E-state index in [1.807, 2.05) is 30.9 Å². The maximum absolute atomic E-state index is 5.84. The maximum atomic E-state index is 5.84. The third kappa shape index (κ3) is 2.44. The van der Waals surface area contributed by atoms with Gasteiger partial charge in [0.15, 0.2) is 0 Å². The first kappa shape index (κ1) is 10.3. The van der Waals surface area contributed by atoms with E-state index in [1.165, 1.54) is 17.7 Å². The molecule has 76 valence electrons. The van der Waals surface area contributed by atoms with Crippen LogP contribution in [0.1, 0.15) is 12.8 Å². The van der Waals surface area contributed by atoms with Crippen molar-refractivity contribution in [3.05, 3.63) is 29.3 Å². The molecule has 0 atom stereocenters. The van der Waals surface area contributed by atoms with Crippen LogP contribution >= 0.6 is 23.4 Å². The zero-order valence-electron chi connectivity index (χ0n) is 8.22. The van der Waals surface area contributed by atoms with E-state index in [0.717, 1.165) is 11.6 Å². The van der Waals surface area contributed by atoms with Gasteiger partial charge in [-0.2, -0.15) is 0 Å². The van der Waals surface area contributed by atoms with Gasteiger partial charge in [0.2, 0.25) is 0 Å². The molecule has 1 saturated carbocycles. The monoisotopic (exact) mass is 227 g/mol. The van der Waals surface area contributed by atoms with Gasteiger partial charge in [0.05, 0.1) is 0 Å². The minimum Gasteiger partial charge on any atom is -0.318 e. The molecule has 1 N–H and O–H groups in total. The van der Waals surface area contributed by atoms with E-state index < -0.39 is 0 Å². The molecule has 14 heavy (non-hydrogen) atoms. The molecule has 3 heteroatoms. The van der Waals surface area contributed by atoms with E-state index in [1.54, 1.807) is 0 Å². The molecule has 1 aromatic carbocycles. The zero-order valence-corrected chi connectivity index (χ0v) is 9.79. The van der Waals surface area contributed by atoms with Crippen LogP contribution in [0.25, 0.3) is 0 Å². The summed E-state index contributed by atoms with van der Waals surface area (Å²) in [4.78, 5) is 1.32. The normalized spacial score (nSPS) is 18.1. The molecule has 1 fully saturated rings. The van der Waals surface area contributed by atoms with Gasteiger partial charge in [-0.3, -0.25) is 0 Å². The minimum absolute atomic E-state index is 0.461. The highest BCUT2D eigenvalue weighted by Gasteiger charge is 2.42. The molecule has 0 bridgehead atoms. The highest BCUT2D eigenvalue weighted by molar-refractivity contribution is 8.01. The first-order valence-electron chi connectivity index (χ1n) is 4.83. The fraction of sp³-hybridized carbons (Fsp3) is 0.455. The molecule has 0 heterocycles. The third-order valence-corrected chi connectivity index (χ3v) is 4.20. The first-order valence-corrected chi connectivity index (χ1v) is 6.03. The summed E-state index contributed by atoms with van der Waals surface area (Å²) in [6.07, 6.45) is 2.64. The van der Waals surface area contributed by atoms with E-state index in [0.29, 0.717) is 4.75 Å². The lowest BCUT2D eigenvalue weighted by Gasteiger charge is -2.13. The number of hydrogen-bond acceptors (Lipinski definition) is 2. The Bertz CT molecular complexity index is 306. The van der Waals surface area contributed by atoms with E-state index in [4.69, 9.17) is 11.6 Å².